The summed E-state index contributed by atoms with van der Waals surface area (Å²) in [7, 11) is 0. The van der Waals surface area contributed by atoms with Gasteiger partial charge in [0.15, 0.2) is 0 Å². The SMILES string of the molecule is CCSCCC(CO)(CNC(=O)OC(C)(C)C)C(C)C. The van der Waals surface area contributed by atoms with E-state index in [1.54, 1.807) is 0 Å². The monoisotopic (exact) mass is 305 g/mol. The molecule has 0 aliphatic rings. The molecular weight excluding hydrogens is 274 g/mol. The Balaban J connectivity index is 4.53. The van der Waals surface area contributed by atoms with E-state index < -0.39 is 11.7 Å². The predicted octanol–water partition coefficient (Wildman–Crippen LogP) is 3.29. The third kappa shape index (κ3) is 7.39. The summed E-state index contributed by atoms with van der Waals surface area (Å²) in [5.41, 5.74) is -0.777. The Kier molecular flexibility index (Phi) is 8.59. The van der Waals surface area contributed by atoms with Crippen LogP contribution in [0.2, 0.25) is 0 Å². The molecule has 5 heteroatoms. The van der Waals surface area contributed by atoms with Crippen molar-refractivity contribution in [2.24, 2.45) is 11.3 Å². The van der Waals surface area contributed by atoms with Crippen molar-refractivity contribution in [2.75, 3.05) is 24.7 Å². The number of aliphatic hydroxyl groups excluding tert-OH is 1. The fraction of sp³-hybridized carbons (Fsp3) is 0.933. The van der Waals surface area contributed by atoms with E-state index >= 15 is 0 Å². The number of amides is 1. The van der Waals surface area contributed by atoms with Gasteiger partial charge in [0.1, 0.15) is 5.60 Å². The molecule has 0 aromatic heterocycles. The van der Waals surface area contributed by atoms with Gasteiger partial charge in [0.05, 0.1) is 6.61 Å². The van der Waals surface area contributed by atoms with E-state index in [0.717, 1.165) is 17.9 Å². The van der Waals surface area contributed by atoms with Crippen molar-refractivity contribution < 1.29 is 14.6 Å². The second-order valence-corrected chi connectivity index (χ2v) is 7.87. The number of rotatable bonds is 8. The lowest BCUT2D eigenvalue weighted by Crippen LogP contribution is -2.45. The van der Waals surface area contributed by atoms with E-state index in [-0.39, 0.29) is 12.0 Å². The molecule has 2 N–H and O–H groups in total. The number of nitrogens with one attached hydrogen (secondary N) is 1. The lowest BCUT2D eigenvalue weighted by Gasteiger charge is -2.36. The first kappa shape index (κ1) is 19.6. The maximum absolute atomic E-state index is 11.8. The van der Waals surface area contributed by atoms with E-state index in [1.165, 1.54) is 0 Å². The summed E-state index contributed by atoms with van der Waals surface area (Å²) < 4.78 is 5.25. The van der Waals surface area contributed by atoms with Crippen molar-refractivity contribution in [1.29, 1.82) is 0 Å². The summed E-state index contributed by atoms with van der Waals surface area (Å²) in [6.45, 7) is 12.3. The number of thioether (sulfide) groups is 1. The normalized spacial score (nSPS) is 15.0. The Bertz CT molecular complexity index is 289. The van der Waals surface area contributed by atoms with Gasteiger partial charge >= 0.3 is 6.09 Å². The van der Waals surface area contributed by atoms with Crippen molar-refractivity contribution in [3.63, 3.8) is 0 Å². The van der Waals surface area contributed by atoms with Crippen LogP contribution in [-0.4, -0.2) is 41.5 Å². The molecule has 4 nitrogen and oxygen atoms in total. The Morgan fingerprint density at radius 2 is 1.95 bits per heavy atom. The Hall–Kier alpha value is -0.420. The molecule has 0 spiro atoms. The maximum Gasteiger partial charge on any atom is 0.407 e. The molecule has 0 aliphatic heterocycles. The van der Waals surface area contributed by atoms with Gasteiger partial charge in [-0.2, -0.15) is 11.8 Å². The highest BCUT2D eigenvalue weighted by Crippen LogP contribution is 2.32. The van der Waals surface area contributed by atoms with Gasteiger partial charge in [-0.3, -0.25) is 0 Å². The highest BCUT2D eigenvalue weighted by atomic mass is 32.2. The Morgan fingerprint density at radius 3 is 2.35 bits per heavy atom. The molecule has 0 saturated heterocycles. The smallest absolute Gasteiger partial charge is 0.407 e. The Labute approximate surface area is 128 Å². The van der Waals surface area contributed by atoms with Crippen LogP contribution in [0.15, 0.2) is 0 Å². The minimum absolute atomic E-state index is 0.0741. The predicted molar refractivity (Wildman–Crippen MR) is 86.2 cm³/mol. The van der Waals surface area contributed by atoms with Gasteiger partial charge in [-0.05, 0) is 44.6 Å². The average molecular weight is 305 g/mol. The van der Waals surface area contributed by atoms with Gasteiger partial charge in [0, 0.05) is 12.0 Å². The van der Waals surface area contributed by atoms with Crippen LogP contribution in [0.25, 0.3) is 0 Å². The van der Waals surface area contributed by atoms with Crippen molar-refractivity contribution in [3.8, 4) is 0 Å². The molecule has 0 rings (SSSR count). The van der Waals surface area contributed by atoms with Gasteiger partial charge < -0.3 is 15.2 Å². The molecule has 0 heterocycles. The molecule has 1 unspecified atom stereocenters. The minimum Gasteiger partial charge on any atom is -0.444 e. The lowest BCUT2D eigenvalue weighted by atomic mass is 9.75. The molecule has 1 atom stereocenters. The van der Waals surface area contributed by atoms with Gasteiger partial charge in [-0.15, -0.1) is 0 Å². The number of alkyl carbamates (subject to hydrolysis) is 1. The van der Waals surface area contributed by atoms with E-state index in [4.69, 9.17) is 4.74 Å². The third-order valence-electron chi connectivity index (χ3n) is 3.47. The third-order valence-corrected chi connectivity index (χ3v) is 4.37. The van der Waals surface area contributed by atoms with Crippen LogP contribution in [-0.2, 0) is 4.74 Å². The van der Waals surface area contributed by atoms with Crippen LogP contribution < -0.4 is 5.32 Å². The summed E-state index contributed by atoms with van der Waals surface area (Å²) >= 11 is 1.86. The number of hydrogen-bond acceptors (Lipinski definition) is 4. The molecule has 1 amide bonds. The Morgan fingerprint density at radius 1 is 1.35 bits per heavy atom. The molecule has 0 aliphatic carbocycles. The van der Waals surface area contributed by atoms with Crippen LogP contribution in [0.5, 0.6) is 0 Å². The highest BCUT2D eigenvalue weighted by molar-refractivity contribution is 7.99. The standard InChI is InChI=1S/C15H31NO3S/c1-7-20-9-8-15(11-17,12(2)3)10-16-13(18)19-14(4,5)6/h12,17H,7-11H2,1-6H3,(H,16,18). The molecule has 0 radical (unpaired) electrons. The van der Waals surface area contributed by atoms with Gasteiger partial charge in [-0.1, -0.05) is 20.8 Å². The summed E-state index contributed by atoms with van der Waals surface area (Å²) in [4.78, 5) is 11.8. The zero-order chi connectivity index (χ0) is 15.8. The number of carbonyl (C=O) groups excluding carboxylic acids is 1. The van der Waals surface area contributed by atoms with Crippen LogP contribution in [0, 0.1) is 11.3 Å². The summed E-state index contributed by atoms with van der Waals surface area (Å²) in [5, 5.41) is 12.6. The van der Waals surface area contributed by atoms with Crippen LogP contribution in [0.1, 0.15) is 48.0 Å². The second kappa shape index (κ2) is 8.78. The molecule has 0 fully saturated rings. The first-order valence-electron chi connectivity index (χ1n) is 7.32. The number of hydrogen-bond donors (Lipinski definition) is 2. The zero-order valence-corrected chi connectivity index (χ0v) is 14.6. The summed E-state index contributed by atoms with van der Waals surface area (Å²) in [5.74, 6) is 2.35. The molecule has 0 aromatic rings. The van der Waals surface area contributed by atoms with Crippen molar-refractivity contribution in [1.82, 2.24) is 5.32 Å². The van der Waals surface area contributed by atoms with Crippen LogP contribution >= 0.6 is 11.8 Å². The number of aliphatic hydroxyl groups is 1. The minimum atomic E-state index is -0.498. The first-order chi connectivity index (χ1) is 9.17. The zero-order valence-electron chi connectivity index (χ0n) is 13.8. The van der Waals surface area contributed by atoms with Gasteiger partial charge in [0.25, 0.3) is 0 Å². The average Bonchev–Trinajstić information content (AvgIpc) is 2.31. The van der Waals surface area contributed by atoms with Gasteiger partial charge in [0.2, 0.25) is 0 Å². The van der Waals surface area contributed by atoms with Gasteiger partial charge in [-0.25, -0.2) is 4.79 Å². The lowest BCUT2D eigenvalue weighted by molar-refractivity contribution is 0.0386. The second-order valence-electron chi connectivity index (χ2n) is 6.48. The molecule has 0 saturated carbocycles. The number of carbonyl (C=O) groups is 1. The highest BCUT2D eigenvalue weighted by Gasteiger charge is 2.33. The van der Waals surface area contributed by atoms with E-state index in [2.05, 4.69) is 26.1 Å². The molecule has 0 bridgehead atoms. The van der Waals surface area contributed by atoms with Crippen molar-refractivity contribution >= 4 is 17.9 Å². The molecule has 120 valence electrons. The number of ether oxygens (including phenoxy) is 1. The quantitative estimate of drug-likeness (QED) is 0.676. The topological polar surface area (TPSA) is 58.6 Å². The van der Waals surface area contributed by atoms with Crippen molar-refractivity contribution in [2.45, 2.75) is 53.6 Å². The van der Waals surface area contributed by atoms with Crippen LogP contribution in [0.4, 0.5) is 4.79 Å². The van der Waals surface area contributed by atoms with E-state index in [0.29, 0.717) is 12.5 Å². The molecule has 0 aromatic carbocycles. The van der Waals surface area contributed by atoms with E-state index in [1.807, 2.05) is 32.5 Å². The molecular formula is C15H31NO3S. The van der Waals surface area contributed by atoms with E-state index in [9.17, 15) is 9.90 Å². The summed E-state index contributed by atoms with van der Waals surface area (Å²) in [6, 6.07) is 0. The fourth-order valence-electron chi connectivity index (χ4n) is 1.88. The van der Waals surface area contributed by atoms with Crippen LogP contribution in [0.3, 0.4) is 0 Å². The summed E-state index contributed by atoms with van der Waals surface area (Å²) in [6.07, 6.45) is 0.467. The largest absolute Gasteiger partial charge is 0.444 e. The fourth-order valence-corrected chi connectivity index (χ4v) is 2.72. The van der Waals surface area contributed by atoms with Crippen molar-refractivity contribution in [3.05, 3.63) is 0 Å². The maximum atomic E-state index is 11.8. The molecule has 20 heavy (non-hydrogen) atoms. The first-order valence-corrected chi connectivity index (χ1v) is 8.48.